The molecule has 0 aliphatic rings. The van der Waals surface area contributed by atoms with Gasteiger partial charge >= 0.3 is 0 Å². The zero-order valence-electron chi connectivity index (χ0n) is 13.9. The third-order valence-corrected chi connectivity index (χ3v) is 4.01. The third-order valence-electron chi connectivity index (χ3n) is 4.01. The summed E-state index contributed by atoms with van der Waals surface area (Å²) in [7, 11) is 0. The SMILES string of the molecule is O=C(NCC[C@@H](O)c1ccccc1)c1ccc(Cn2cccn2)cc1. The van der Waals surface area contributed by atoms with Crippen LogP contribution in [0.15, 0.2) is 73.1 Å². The number of carbonyl (C=O) groups excluding carboxylic acids is 1. The van der Waals surface area contributed by atoms with E-state index in [1.54, 1.807) is 6.20 Å². The predicted molar refractivity (Wildman–Crippen MR) is 96.1 cm³/mol. The minimum Gasteiger partial charge on any atom is -0.388 e. The molecule has 1 aromatic heterocycles. The van der Waals surface area contributed by atoms with Gasteiger partial charge in [-0.25, -0.2) is 0 Å². The Hall–Kier alpha value is -2.92. The molecule has 0 bridgehead atoms. The fourth-order valence-corrected chi connectivity index (χ4v) is 2.61. The Morgan fingerprint density at radius 3 is 2.52 bits per heavy atom. The Labute approximate surface area is 146 Å². The lowest BCUT2D eigenvalue weighted by molar-refractivity contribution is 0.0942. The van der Waals surface area contributed by atoms with E-state index in [1.165, 1.54) is 0 Å². The Balaban J connectivity index is 1.48. The summed E-state index contributed by atoms with van der Waals surface area (Å²) in [6, 6.07) is 18.8. The summed E-state index contributed by atoms with van der Waals surface area (Å²) < 4.78 is 1.83. The van der Waals surface area contributed by atoms with E-state index in [9.17, 15) is 9.90 Å². The van der Waals surface area contributed by atoms with Crippen molar-refractivity contribution in [3.63, 3.8) is 0 Å². The number of aliphatic hydroxyl groups is 1. The molecule has 5 heteroatoms. The second kappa shape index (κ2) is 8.26. The number of benzene rings is 2. The van der Waals surface area contributed by atoms with Crippen LogP contribution in [0.4, 0.5) is 0 Å². The van der Waals surface area contributed by atoms with Gasteiger partial charge in [-0.15, -0.1) is 0 Å². The molecule has 0 radical (unpaired) electrons. The summed E-state index contributed by atoms with van der Waals surface area (Å²) in [5.41, 5.74) is 2.55. The standard InChI is InChI=1S/C20H21N3O2/c24-19(17-5-2-1-3-6-17)11-13-21-20(25)18-9-7-16(8-10-18)15-23-14-4-12-22-23/h1-10,12,14,19,24H,11,13,15H2,(H,21,25)/t19-/m1/s1. The number of hydrogen-bond donors (Lipinski definition) is 2. The molecule has 5 nitrogen and oxygen atoms in total. The molecule has 0 saturated carbocycles. The van der Waals surface area contributed by atoms with Crippen LogP contribution in [0.1, 0.15) is 34.0 Å². The maximum Gasteiger partial charge on any atom is 0.251 e. The molecular weight excluding hydrogens is 314 g/mol. The van der Waals surface area contributed by atoms with E-state index in [4.69, 9.17) is 0 Å². The Bertz CT molecular complexity index is 784. The van der Waals surface area contributed by atoms with Gasteiger partial charge in [-0.1, -0.05) is 42.5 Å². The molecular formula is C20H21N3O2. The van der Waals surface area contributed by atoms with Gasteiger partial charge in [-0.2, -0.15) is 5.10 Å². The van der Waals surface area contributed by atoms with Crippen molar-refractivity contribution in [2.24, 2.45) is 0 Å². The monoisotopic (exact) mass is 335 g/mol. The van der Waals surface area contributed by atoms with Crippen LogP contribution >= 0.6 is 0 Å². The van der Waals surface area contributed by atoms with Crippen LogP contribution in [-0.2, 0) is 6.54 Å². The van der Waals surface area contributed by atoms with Crippen LogP contribution < -0.4 is 5.32 Å². The molecule has 0 saturated heterocycles. The number of aromatic nitrogens is 2. The molecule has 0 aliphatic heterocycles. The Kier molecular flexibility index (Phi) is 5.59. The zero-order valence-corrected chi connectivity index (χ0v) is 13.9. The molecule has 1 amide bonds. The van der Waals surface area contributed by atoms with E-state index in [0.29, 0.717) is 25.1 Å². The van der Waals surface area contributed by atoms with Crippen molar-refractivity contribution >= 4 is 5.91 Å². The van der Waals surface area contributed by atoms with E-state index < -0.39 is 6.10 Å². The van der Waals surface area contributed by atoms with Gasteiger partial charge in [0.2, 0.25) is 0 Å². The van der Waals surface area contributed by atoms with Crippen LogP contribution in [0, 0.1) is 0 Å². The highest BCUT2D eigenvalue weighted by Gasteiger charge is 2.09. The Morgan fingerprint density at radius 1 is 1.08 bits per heavy atom. The van der Waals surface area contributed by atoms with Crippen molar-refractivity contribution in [2.45, 2.75) is 19.1 Å². The van der Waals surface area contributed by atoms with Gasteiger partial charge in [0, 0.05) is 24.5 Å². The first-order valence-electron chi connectivity index (χ1n) is 8.30. The van der Waals surface area contributed by atoms with Gasteiger partial charge in [-0.3, -0.25) is 9.48 Å². The average molecular weight is 335 g/mol. The van der Waals surface area contributed by atoms with E-state index in [0.717, 1.165) is 11.1 Å². The topological polar surface area (TPSA) is 67.2 Å². The average Bonchev–Trinajstić information content (AvgIpc) is 3.16. The largest absolute Gasteiger partial charge is 0.388 e. The molecule has 1 heterocycles. The highest BCUT2D eigenvalue weighted by molar-refractivity contribution is 5.94. The van der Waals surface area contributed by atoms with Crippen molar-refractivity contribution in [1.29, 1.82) is 0 Å². The smallest absolute Gasteiger partial charge is 0.251 e. The van der Waals surface area contributed by atoms with Gasteiger partial charge < -0.3 is 10.4 Å². The molecule has 0 aliphatic carbocycles. The molecule has 128 valence electrons. The second-order valence-corrected chi connectivity index (χ2v) is 5.87. The normalized spacial score (nSPS) is 11.9. The van der Waals surface area contributed by atoms with Crippen molar-refractivity contribution < 1.29 is 9.90 Å². The van der Waals surface area contributed by atoms with Crippen LogP contribution in [0.2, 0.25) is 0 Å². The number of aliphatic hydroxyl groups excluding tert-OH is 1. The highest BCUT2D eigenvalue weighted by Crippen LogP contribution is 2.15. The summed E-state index contributed by atoms with van der Waals surface area (Å²) in [5, 5.41) is 17.1. The van der Waals surface area contributed by atoms with Crippen molar-refractivity contribution in [1.82, 2.24) is 15.1 Å². The maximum absolute atomic E-state index is 12.2. The maximum atomic E-state index is 12.2. The van der Waals surface area contributed by atoms with Gasteiger partial charge in [0.25, 0.3) is 5.91 Å². The second-order valence-electron chi connectivity index (χ2n) is 5.87. The number of hydrogen-bond acceptors (Lipinski definition) is 3. The number of nitrogens with one attached hydrogen (secondary N) is 1. The van der Waals surface area contributed by atoms with E-state index in [1.807, 2.05) is 71.5 Å². The van der Waals surface area contributed by atoms with Gasteiger partial charge in [-0.05, 0) is 35.7 Å². The third kappa shape index (κ3) is 4.78. The lowest BCUT2D eigenvalue weighted by atomic mass is 10.1. The fourth-order valence-electron chi connectivity index (χ4n) is 2.61. The van der Waals surface area contributed by atoms with Gasteiger partial charge in [0.1, 0.15) is 0 Å². The zero-order chi connectivity index (χ0) is 17.5. The van der Waals surface area contributed by atoms with Gasteiger partial charge in [0.15, 0.2) is 0 Å². The van der Waals surface area contributed by atoms with E-state index >= 15 is 0 Å². The van der Waals surface area contributed by atoms with E-state index in [-0.39, 0.29) is 5.91 Å². The van der Waals surface area contributed by atoms with E-state index in [2.05, 4.69) is 10.4 Å². The van der Waals surface area contributed by atoms with Gasteiger partial charge in [0.05, 0.1) is 12.6 Å². The molecule has 2 aromatic carbocycles. The summed E-state index contributed by atoms with van der Waals surface area (Å²) in [6.07, 6.45) is 3.55. The molecule has 0 unspecified atom stereocenters. The summed E-state index contributed by atoms with van der Waals surface area (Å²) >= 11 is 0. The number of nitrogens with zero attached hydrogens (tertiary/aromatic N) is 2. The summed E-state index contributed by atoms with van der Waals surface area (Å²) in [5.74, 6) is -0.133. The van der Waals surface area contributed by atoms with Crippen molar-refractivity contribution in [2.75, 3.05) is 6.54 Å². The quantitative estimate of drug-likeness (QED) is 0.698. The molecule has 0 spiro atoms. The molecule has 0 fully saturated rings. The van der Waals surface area contributed by atoms with Crippen LogP contribution in [0.5, 0.6) is 0 Å². The Morgan fingerprint density at radius 2 is 1.84 bits per heavy atom. The highest BCUT2D eigenvalue weighted by atomic mass is 16.3. The predicted octanol–water partition coefficient (Wildman–Crippen LogP) is 2.78. The molecule has 25 heavy (non-hydrogen) atoms. The van der Waals surface area contributed by atoms with Crippen molar-refractivity contribution in [3.8, 4) is 0 Å². The first kappa shape index (κ1) is 16.9. The summed E-state index contributed by atoms with van der Waals surface area (Å²) in [4.78, 5) is 12.2. The molecule has 3 aromatic rings. The minimum absolute atomic E-state index is 0.133. The number of carbonyl (C=O) groups is 1. The number of rotatable bonds is 7. The summed E-state index contributed by atoms with van der Waals surface area (Å²) in [6.45, 7) is 1.10. The first-order chi connectivity index (χ1) is 12.2. The van der Waals surface area contributed by atoms with Crippen LogP contribution in [0.3, 0.4) is 0 Å². The number of amides is 1. The minimum atomic E-state index is -0.571. The molecule has 1 atom stereocenters. The van der Waals surface area contributed by atoms with Crippen LogP contribution in [-0.4, -0.2) is 27.3 Å². The van der Waals surface area contributed by atoms with Crippen LogP contribution in [0.25, 0.3) is 0 Å². The van der Waals surface area contributed by atoms with Crippen molar-refractivity contribution in [3.05, 3.63) is 89.7 Å². The molecule has 3 rings (SSSR count). The lowest BCUT2D eigenvalue weighted by Crippen LogP contribution is -2.25. The lowest BCUT2D eigenvalue weighted by Gasteiger charge is -2.12. The first-order valence-corrected chi connectivity index (χ1v) is 8.30. The molecule has 2 N–H and O–H groups in total. The fraction of sp³-hybridized carbons (Fsp3) is 0.200.